The summed E-state index contributed by atoms with van der Waals surface area (Å²) in [6.07, 6.45) is 1.64. The Morgan fingerprint density at radius 2 is 2.00 bits per heavy atom. The summed E-state index contributed by atoms with van der Waals surface area (Å²) in [5.74, 6) is 0.348. The third kappa shape index (κ3) is 4.20. The predicted molar refractivity (Wildman–Crippen MR) is 119 cm³/mol. The molecule has 0 radical (unpaired) electrons. The molecule has 0 bridgehead atoms. The minimum absolute atomic E-state index is 0.129. The van der Waals surface area contributed by atoms with Crippen LogP contribution >= 0.6 is 0 Å². The van der Waals surface area contributed by atoms with Crippen LogP contribution in [0.5, 0.6) is 0 Å². The van der Waals surface area contributed by atoms with Crippen LogP contribution in [0.1, 0.15) is 59.0 Å². The molecule has 5 heterocycles. The molecule has 34 heavy (non-hydrogen) atoms. The van der Waals surface area contributed by atoms with Crippen LogP contribution in [0.15, 0.2) is 30.6 Å². The van der Waals surface area contributed by atoms with Crippen LogP contribution in [0.4, 0.5) is 19.0 Å². The summed E-state index contributed by atoms with van der Waals surface area (Å²) in [7, 11) is 0. The Bertz CT molecular complexity index is 1220. The van der Waals surface area contributed by atoms with Crippen molar-refractivity contribution in [1.29, 1.82) is 0 Å². The summed E-state index contributed by atoms with van der Waals surface area (Å²) in [4.78, 5) is 25.7. The molecular weight excluding hydrogens is 447 g/mol. The molecule has 11 heteroatoms. The van der Waals surface area contributed by atoms with Gasteiger partial charge < -0.3 is 15.5 Å². The molecule has 8 nitrogen and oxygen atoms in total. The summed E-state index contributed by atoms with van der Waals surface area (Å²) < 4.78 is 41.1. The SMILES string of the molecule is Cc1cn2nc(C3CCCCN3C(=O)c3cc(C(F)(F)F)ccn3)cc2nc1N1CCC(N)C1. The first-order chi connectivity index (χ1) is 16.2. The van der Waals surface area contributed by atoms with Crippen LogP contribution in [0.2, 0.25) is 0 Å². The Kier molecular flexibility index (Phi) is 5.67. The molecule has 2 saturated heterocycles. The van der Waals surface area contributed by atoms with Crippen LogP contribution < -0.4 is 10.6 Å². The van der Waals surface area contributed by atoms with Crippen molar-refractivity contribution in [2.45, 2.75) is 50.9 Å². The molecule has 2 N–H and O–H groups in total. The number of alkyl halides is 3. The van der Waals surface area contributed by atoms with Crippen molar-refractivity contribution >= 4 is 17.4 Å². The van der Waals surface area contributed by atoms with E-state index in [2.05, 4.69) is 15.0 Å². The number of pyridine rings is 1. The van der Waals surface area contributed by atoms with Gasteiger partial charge in [0.2, 0.25) is 0 Å². The zero-order valence-corrected chi connectivity index (χ0v) is 18.8. The highest BCUT2D eigenvalue weighted by atomic mass is 19.4. The maximum absolute atomic E-state index is 13.2. The van der Waals surface area contributed by atoms with Crippen LogP contribution in [-0.2, 0) is 6.18 Å². The number of hydrogen-bond acceptors (Lipinski definition) is 6. The molecule has 2 fully saturated rings. The van der Waals surface area contributed by atoms with Gasteiger partial charge in [0.05, 0.1) is 17.3 Å². The maximum Gasteiger partial charge on any atom is 0.416 e. The predicted octanol–water partition coefficient (Wildman–Crippen LogP) is 3.36. The summed E-state index contributed by atoms with van der Waals surface area (Å²) in [6, 6.07) is 3.31. The van der Waals surface area contributed by atoms with Crippen molar-refractivity contribution in [2.24, 2.45) is 5.73 Å². The minimum Gasteiger partial charge on any atom is -0.355 e. The molecule has 1 amide bonds. The molecule has 2 atom stereocenters. The van der Waals surface area contributed by atoms with Crippen molar-refractivity contribution in [2.75, 3.05) is 24.5 Å². The average molecular weight is 474 g/mol. The summed E-state index contributed by atoms with van der Waals surface area (Å²) in [6.45, 7) is 4.00. The molecule has 2 aliphatic rings. The van der Waals surface area contributed by atoms with E-state index in [0.29, 0.717) is 24.3 Å². The van der Waals surface area contributed by atoms with Gasteiger partial charge in [0.15, 0.2) is 5.65 Å². The van der Waals surface area contributed by atoms with Crippen LogP contribution in [-0.4, -0.2) is 56.1 Å². The number of halogens is 3. The number of hydrogen-bond donors (Lipinski definition) is 1. The Morgan fingerprint density at radius 1 is 1.18 bits per heavy atom. The van der Waals surface area contributed by atoms with Gasteiger partial charge in [-0.15, -0.1) is 0 Å². The number of carbonyl (C=O) groups excluding carboxylic acids is 1. The van der Waals surface area contributed by atoms with Crippen molar-refractivity contribution in [1.82, 2.24) is 24.5 Å². The van der Waals surface area contributed by atoms with Crippen LogP contribution in [0, 0.1) is 6.92 Å². The molecule has 3 aromatic heterocycles. The van der Waals surface area contributed by atoms with Gasteiger partial charge in [-0.2, -0.15) is 18.3 Å². The Hall–Kier alpha value is -3.21. The quantitative estimate of drug-likeness (QED) is 0.627. The Balaban J connectivity index is 1.46. The lowest BCUT2D eigenvalue weighted by molar-refractivity contribution is -0.137. The Morgan fingerprint density at radius 3 is 2.74 bits per heavy atom. The highest BCUT2D eigenvalue weighted by molar-refractivity contribution is 5.92. The second-order valence-corrected chi connectivity index (χ2v) is 9.05. The van der Waals surface area contributed by atoms with Gasteiger partial charge in [-0.3, -0.25) is 9.78 Å². The number of aromatic nitrogens is 4. The van der Waals surface area contributed by atoms with Crippen molar-refractivity contribution in [3.05, 3.63) is 53.1 Å². The second kappa shape index (κ2) is 8.53. The fraction of sp³-hybridized carbons (Fsp3) is 0.478. The number of likely N-dealkylation sites (tertiary alicyclic amines) is 1. The fourth-order valence-corrected chi connectivity index (χ4v) is 4.83. The molecule has 0 spiro atoms. The van der Waals surface area contributed by atoms with Crippen LogP contribution in [0.25, 0.3) is 5.65 Å². The average Bonchev–Trinajstić information content (AvgIpc) is 3.43. The van der Waals surface area contributed by atoms with Gasteiger partial charge in [0.25, 0.3) is 5.91 Å². The second-order valence-electron chi connectivity index (χ2n) is 9.05. The van der Waals surface area contributed by atoms with E-state index in [0.717, 1.165) is 62.1 Å². The van der Waals surface area contributed by atoms with Gasteiger partial charge in [-0.25, -0.2) is 9.50 Å². The fourth-order valence-electron chi connectivity index (χ4n) is 4.83. The van der Waals surface area contributed by atoms with Gasteiger partial charge in [-0.1, -0.05) is 0 Å². The van der Waals surface area contributed by atoms with E-state index in [1.54, 1.807) is 9.42 Å². The number of piperidine rings is 1. The first-order valence-corrected chi connectivity index (χ1v) is 11.4. The monoisotopic (exact) mass is 473 g/mol. The van der Waals surface area contributed by atoms with Gasteiger partial charge >= 0.3 is 6.18 Å². The first kappa shape index (κ1) is 22.6. The number of nitrogens with two attached hydrogens (primary N) is 1. The van der Waals surface area contributed by atoms with Crippen molar-refractivity contribution in [3.63, 3.8) is 0 Å². The lowest BCUT2D eigenvalue weighted by Crippen LogP contribution is -2.39. The standard InChI is InChI=1S/C23H26F3N7O/c1-14-12-33-20(29-21(14)31-9-6-16(27)13-31)11-17(30-33)19-4-2-3-8-32(19)22(34)18-10-15(5-7-28-18)23(24,25)26/h5,7,10-12,16,19H,2-4,6,8-9,13,27H2,1H3. The molecule has 0 aromatic carbocycles. The van der Waals surface area contributed by atoms with Gasteiger partial charge in [0, 0.05) is 49.7 Å². The highest BCUT2D eigenvalue weighted by Crippen LogP contribution is 2.34. The van der Waals surface area contributed by atoms with E-state index < -0.39 is 17.6 Å². The topological polar surface area (TPSA) is 92.6 Å². The zero-order chi connectivity index (χ0) is 24.0. The van der Waals surface area contributed by atoms with Crippen LogP contribution in [0.3, 0.4) is 0 Å². The third-order valence-electron chi connectivity index (χ3n) is 6.56. The lowest BCUT2D eigenvalue weighted by atomic mass is 9.98. The number of aryl methyl sites for hydroxylation is 1. The molecule has 180 valence electrons. The molecule has 0 saturated carbocycles. The van der Waals surface area contributed by atoms with Gasteiger partial charge in [0.1, 0.15) is 11.5 Å². The number of nitrogens with zero attached hydrogens (tertiary/aromatic N) is 6. The molecular formula is C23H26F3N7O. The number of fused-ring (bicyclic) bond motifs is 1. The lowest BCUT2D eigenvalue weighted by Gasteiger charge is -2.34. The van der Waals surface area contributed by atoms with Crippen molar-refractivity contribution < 1.29 is 18.0 Å². The summed E-state index contributed by atoms with van der Waals surface area (Å²) >= 11 is 0. The molecule has 3 aromatic rings. The largest absolute Gasteiger partial charge is 0.416 e. The number of rotatable bonds is 3. The number of carbonyl (C=O) groups is 1. The normalized spacial score (nSPS) is 21.4. The van der Waals surface area contributed by atoms with E-state index in [1.807, 2.05) is 19.2 Å². The molecule has 2 aliphatic heterocycles. The number of anilines is 1. The van der Waals surface area contributed by atoms with E-state index in [-0.39, 0.29) is 17.8 Å². The van der Waals surface area contributed by atoms with Gasteiger partial charge in [-0.05, 0) is 44.7 Å². The molecule has 0 aliphatic carbocycles. The third-order valence-corrected chi connectivity index (χ3v) is 6.56. The summed E-state index contributed by atoms with van der Waals surface area (Å²) in [5.41, 5.74) is 7.26. The number of amides is 1. The highest BCUT2D eigenvalue weighted by Gasteiger charge is 2.35. The smallest absolute Gasteiger partial charge is 0.355 e. The molecule has 2 unspecified atom stereocenters. The summed E-state index contributed by atoms with van der Waals surface area (Å²) in [5, 5.41) is 4.68. The first-order valence-electron chi connectivity index (χ1n) is 11.4. The zero-order valence-electron chi connectivity index (χ0n) is 18.8. The molecule has 5 rings (SSSR count). The van der Waals surface area contributed by atoms with E-state index in [9.17, 15) is 18.0 Å². The maximum atomic E-state index is 13.2. The van der Waals surface area contributed by atoms with Crippen molar-refractivity contribution in [3.8, 4) is 0 Å². The minimum atomic E-state index is -4.54. The van der Waals surface area contributed by atoms with E-state index in [4.69, 9.17) is 10.7 Å². The van der Waals surface area contributed by atoms with E-state index in [1.165, 1.54) is 0 Å². The van der Waals surface area contributed by atoms with E-state index >= 15 is 0 Å². The Labute approximate surface area is 194 Å².